The zero-order valence-corrected chi connectivity index (χ0v) is 13.6. The molecule has 122 valence electrons. The Hall–Kier alpha value is -2.98. The highest BCUT2D eigenvalue weighted by atomic mass is 16.5. The van der Waals surface area contributed by atoms with Gasteiger partial charge in [-0.25, -0.2) is 0 Å². The summed E-state index contributed by atoms with van der Waals surface area (Å²) in [6, 6.07) is 19.9. The van der Waals surface area contributed by atoms with E-state index in [2.05, 4.69) is 12.1 Å². The van der Waals surface area contributed by atoms with Gasteiger partial charge in [0, 0.05) is 12.8 Å². The number of rotatable bonds is 9. The van der Waals surface area contributed by atoms with Gasteiger partial charge in [0.2, 0.25) is 0 Å². The van der Waals surface area contributed by atoms with Crippen molar-refractivity contribution in [2.75, 3.05) is 13.2 Å². The molecule has 0 saturated carbocycles. The SMILES string of the molecule is N#CCCc1ccc(OCCOc2ccc(CCC#N)cc2)cc1. The van der Waals surface area contributed by atoms with Crippen LogP contribution in [0.15, 0.2) is 48.5 Å². The highest BCUT2D eigenvalue weighted by Gasteiger charge is 1.98. The quantitative estimate of drug-likeness (QED) is 0.654. The van der Waals surface area contributed by atoms with Crippen molar-refractivity contribution in [1.29, 1.82) is 10.5 Å². The van der Waals surface area contributed by atoms with E-state index in [9.17, 15) is 0 Å². The predicted octanol–water partition coefficient (Wildman–Crippen LogP) is 4.06. The van der Waals surface area contributed by atoms with Gasteiger partial charge in [-0.3, -0.25) is 0 Å². The summed E-state index contributed by atoms with van der Waals surface area (Å²) in [5.41, 5.74) is 2.27. The number of hydrogen-bond donors (Lipinski definition) is 0. The fourth-order valence-electron chi connectivity index (χ4n) is 2.22. The highest BCUT2D eigenvalue weighted by Crippen LogP contribution is 2.15. The minimum absolute atomic E-state index is 0.466. The molecule has 0 aromatic heterocycles. The Balaban J connectivity index is 1.69. The molecule has 0 bridgehead atoms. The van der Waals surface area contributed by atoms with Gasteiger partial charge in [-0.1, -0.05) is 24.3 Å². The lowest BCUT2D eigenvalue weighted by molar-refractivity contribution is 0.217. The molecule has 2 rings (SSSR count). The second kappa shape index (κ2) is 9.92. The Morgan fingerprint density at radius 1 is 0.625 bits per heavy atom. The Morgan fingerprint density at radius 3 is 1.33 bits per heavy atom. The molecule has 0 aliphatic heterocycles. The highest BCUT2D eigenvalue weighted by molar-refractivity contribution is 5.28. The van der Waals surface area contributed by atoms with E-state index in [0.717, 1.165) is 35.5 Å². The normalized spacial score (nSPS) is 9.75. The van der Waals surface area contributed by atoms with E-state index in [1.54, 1.807) is 0 Å². The van der Waals surface area contributed by atoms with Crippen LogP contribution in [0.5, 0.6) is 11.5 Å². The van der Waals surface area contributed by atoms with Gasteiger partial charge < -0.3 is 9.47 Å². The molecule has 2 aromatic carbocycles. The maximum absolute atomic E-state index is 8.57. The molecule has 0 unspecified atom stereocenters. The maximum atomic E-state index is 8.57. The molecule has 0 atom stereocenters. The molecule has 0 heterocycles. The molecule has 0 radical (unpaired) electrons. The smallest absolute Gasteiger partial charge is 0.122 e. The fraction of sp³-hybridized carbons (Fsp3) is 0.300. The number of benzene rings is 2. The number of nitrogens with zero attached hydrogens (tertiary/aromatic N) is 2. The van der Waals surface area contributed by atoms with Gasteiger partial charge in [0.1, 0.15) is 24.7 Å². The maximum Gasteiger partial charge on any atom is 0.122 e. The van der Waals surface area contributed by atoms with Gasteiger partial charge in [-0.2, -0.15) is 10.5 Å². The average Bonchev–Trinajstić information content (AvgIpc) is 2.64. The van der Waals surface area contributed by atoms with Crippen molar-refractivity contribution in [3.63, 3.8) is 0 Å². The Bertz CT molecular complexity index is 631. The molecule has 0 spiro atoms. The van der Waals surface area contributed by atoms with E-state index >= 15 is 0 Å². The fourth-order valence-corrected chi connectivity index (χ4v) is 2.22. The molecule has 0 amide bonds. The van der Waals surface area contributed by atoms with Crippen LogP contribution in [0.1, 0.15) is 24.0 Å². The third kappa shape index (κ3) is 6.02. The summed E-state index contributed by atoms with van der Waals surface area (Å²) in [7, 11) is 0. The molecule has 4 nitrogen and oxygen atoms in total. The van der Waals surface area contributed by atoms with E-state index in [1.165, 1.54) is 0 Å². The van der Waals surface area contributed by atoms with Gasteiger partial charge in [0.05, 0.1) is 12.1 Å². The zero-order valence-electron chi connectivity index (χ0n) is 13.6. The first-order chi connectivity index (χ1) is 11.8. The van der Waals surface area contributed by atoms with Crippen LogP contribution < -0.4 is 9.47 Å². The van der Waals surface area contributed by atoms with Gasteiger partial charge in [-0.15, -0.1) is 0 Å². The van der Waals surface area contributed by atoms with Gasteiger partial charge in [0.15, 0.2) is 0 Å². The van der Waals surface area contributed by atoms with Gasteiger partial charge in [-0.05, 0) is 48.2 Å². The first-order valence-electron chi connectivity index (χ1n) is 7.99. The molecule has 4 heteroatoms. The Kier molecular flexibility index (Phi) is 7.18. The Labute approximate surface area is 142 Å². The van der Waals surface area contributed by atoms with Crippen LogP contribution in [-0.2, 0) is 12.8 Å². The number of ether oxygens (including phenoxy) is 2. The number of hydrogen-bond acceptors (Lipinski definition) is 4. The van der Waals surface area contributed by atoms with Crippen molar-refractivity contribution < 1.29 is 9.47 Å². The minimum Gasteiger partial charge on any atom is -0.490 e. The molecule has 2 aromatic rings. The molecular formula is C20H20N2O2. The number of nitriles is 2. The van der Waals surface area contributed by atoms with Crippen LogP contribution in [0.4, 0.5) is 0 Å². The Morgan fingerprint density at radius 2 is 1.00 bits per heavy atom. The third-order valence-corrected chi connectivity index (χ3v) is 3.52. The number of aryl methyl sites for hydroxylation is 2. The van der Waals surface area contributed by atoms with E-state index < -0.39 is 0 Å². The van der Waals surface area contributed by atoms with Gasteiger partial charge >= 0.3 is 0 Å². The summed E-state index contributed by atoms with van der Waals surface area (Å²) >= 11 is 0. The van der Waals surface area contributed by atoms with E-state index in [-0.39, 0.29) is 0 Å². The first-order valence-corrected chi connectivity index (χ1v) is 7.99. The zero-order chi connectivity index (χ0) is 17.0. The average molecular weight is 320 g/mol. The van der Waals surface area contributed by atoms with Crippen molar-refractivity contribution in [2.45, 2.75) is 25.7 Å². The topological polar surface area (TPSA) is 66.0 Å². The standard InChI is InChI=1S/C20H20N2O2/c21-13-1-3-17-5-9-19(10-6-17)23-15-16-24-20-11-7-18(8-12-20)4-2-14-22/h5-12H,1-4,15-16H2. The molecule has 0 N–H and O–H groups in total. The van der Waals surface area contributed by atoms with Crippen molar-refractivity contribution in [2.24, 2.45) is 0 Å². The predicted molar refractivity (Wildman–Crippen MR) is 91.7 cm³/mol. The third-order valence-electron chi connectivity index (χ3n) is 3.52. The summed E-state index contributed by atoms with van der Waals surface area (Å²) < 4.78 is 11.3. The summed E-state index contributed by atoms with van der Waals surface area (Å²) in [5, 5.41) is 17.1. The monoisotopic (exact) mass is 320 g/mol. The summed E-state index contributed by atoms with van der Waals surface area (Å²) in [5.74, 6) is 1.59. The van der Waals surface area contributed by atoms with Crippen molar-refractivity contribution in [3.05, 3.63) is 59.7 Å². The first kappa shape index (κ1) is 17.4. The molecule has 0 saturated heterocycles. The second-order valence-electron chi connectivity index (χ2n) is 5.30. The largest absolute Gasteiger partial charge is 0.490 e. The van der Waals surface area contributed by atoms with Crippen LogP contribution in [0, 0.1) is 22.7 Å². The summed E-state index contributed by atoms with van der Waals surface area (Å²) in [4.78, 5) is 0. The van der Waals surface area contributed by atoms with E-state index in [4.69, 9.17) is 20.0 Å². The van der Waals surface area contributed by atoms with E-state index in [0.29, 0.717) is 26.1 Å². The molecule has 0 aliphatic carbocycles. The van der Waals surface area contributed by atoms with Crippen LogP contribution in [0.2, 0.25) is 0 Å². The van der Waals surface area contributed by atoms with Crippen LogP contribution in [0.3, 0.4) is 0 Å². The lowest BCUT2D eigenvalue weighted by atomic mass is 10.1. The van der Waals surface area contributed by atoms with Crippen molar-refractivity contribution in [1.82, 2.24) is 0 Å². The van der Waals surface area contributed by atoms with Crippen LogP contribution in [-0.4, -0.2) is 13.2 Å². The second-order valence-corrected chi connectivity index (χ2v) is 5.30. The summed E-state index contributed by atoms with van der Waals surface area (Å²) in [6.07, 6.45) is 2.60. The summed E-state index contributed by atoms with van der Waals surface area (Å²) in [6.45, 7) is 0.932. The van der Waals surface area contributed by atoms with Crippen LogP contribution >= 0.6 is 0 Å². The molecular weight excluding hydrogens is 300 g/mol. The molecule has 0 fully saturated rings. The lowest BCUT2D eigenvalue weighted by Crippen LogP contribution is -2.09. The van der Waals surface area contributed by atoms with Gasteiger partial charge in [0.25, 0.3) is 0 Å². The van der Waals surface area contributed by atoms with Crippen LogP contribution in [0.25, 0.3) is 0 Å². The van der Waals surface area contributed by atoms with E-state index in [1.807, 2.05) is 48.5 Å². The molecule has 24 heavy (non-hydrogen) atoms. The lowest BCUT2D eigenvalue weighted by Gasteiger charge is -2.09. The van der Waals surface area contributed by atoms with Crippen molar-refractivity contribution >= 4 is 0 Å². The molecule has 0 aliphatic rings. The minimum atomic E-state index is 0.466. The van der Waals surface area contributed by atoms with Crippen molar-refractivity contribution in [3.8, 4) is 23.6 Å².